The second-order valence-electron chi connectivity index (χ2n) is 0. The number of hydrogen-bond donors (Lipinski definition) is 0. The van der Waals surface area contributed by atoms with Gasteiger partial charge in [-0.05, 0) is 0 Å². The van der Waals surface area contributed by atoms with Crippen molar-refractivity contribution >= 4 is 8.41 Å². The fraction of sp³-hybridized carbons (Fsp3) is 0. The molecule has 0 heterocycles. The summed E-state index contributed by atoms with van der Waals surface area (Å²) < 4.78 is 0. The monoisotopic (exact) mass is 763 g/mol. The predicted molar refractivity (Wildman–Crippen MR) is 19.2 cm³/mol. The van der Waals surface area contributed by atoms with Gasteiger partial charge in [-0.1, -0.05) is 0 Å². The van der Waals surface area contributed by atoms with Gasteiger partial charge in [0.05, 0.1) is 0 Å². The Morgan fingerprint density at radius 3 is 0.375 bits per heavy atom. The van der Waals surface area contributed by atoms with Crippen LogP contribution in [0.2, 0.25) is 0 Å². The van der Waals surface area contributed by atoms with E-state index >= 15 is 0 Å². The Labute approximate surface area is 149 Å². The third-order valence-corrected chi connectivity index (χ3v) is 0. The normalized spacial score (nSPS) is 0. The maximum Gasteiger partial charge on any atom is 4.00 e. The molecule has 0 aromatic carbocycles. The molecule has 0 rings (SSSR count). The Kier molecular flexibility index (Phi) is 824. The van der Waals surface area contributed by atoms with E-state index in [4.69, 9.17) is 0 Å². The van der Waals surface area contributed by atoms with Crippen molar-refractivity contribution in [2.75, 3.05) is 0 Å². The van der Waals surface area contributed by atoms with Crippen LogP contribution in [0.4, 0.5) is 0 Å². The quantitative estimate of drug-likeness (QED) is 0.324. The van der Waals surface area contributed by atoms with E-state index in [1.807, 2.05) is 0 Å². The van der Waals surface area contributed by atoms with Crippen LogP contribution in [0, 0.1) is 120 Å². The summed E-state index contributed by atoms with van der Waals surface area (Å²) in [5, 5.41) is 0. The third-order valence-electron chi connectivity index (χ3n) is 0. The Morgan fingerprint density at radius 2 is 0.375 bits per heavy atom. The van der Waals surface area contributed by atoms with Crippen LogP contribution >= 0.6 is 0 Å². The summed E-state index contributed by atoms with van der Waals surface area (Å²) in [5.74, 6) is 0. The SMILES string of the molecule is [B].[N-3].[N-3].[N-3].[N-3].[Th+4].[Th+4].[Th+4]. The molecule has 0 saturated heterocycles. The molecule has 0 aromatic rings. The number of hydrogen-bond acceptors (Lipinski definition) is 0. The van der Waals surface area contributed by atoms with Gasteiger partial charge in [-0.3, -0.25) is 0 Å². The molecular formula is BN4Th3. The Hall–Kier alpha value is 3.88. The van der Waals surface area contributed by atoms with Gasteiger partial charge in [0.25, 0.3) is 0 Å². The average Bonchev–Trinajstić information content (AvgIpc) is 0. The molecule has 4 nitrogen and oxygen atoms in total. The molecule has 35 valence electrons. The minimum absolute atomic E-state index is 0. The van der Waals surface area contributed by atoms with Crippen LogP contribution < -0.4 is 0 Å². The zero-order valence-electron chi connectivity index (χ0n) is 3.87. The minimum Gasteiger partial charge on any atom is -3.00 e. The van der Waals surface area contributed by atoms with Crippen molar-refractivity contribution in [2.45, 2.75) is 0 Å². The molecule has 8 heavy (non-hydrogen) atoms. The van der Waals surface area contributed by atoms with Crippen molar-refractivity contribution in [3.05, 3.63) is 24.6 Å². The Balaban J connectivity index is 0. The molecule has 0 aliphatic rings. The van der Waals surface area contributed by atoms with Crippen molar-refractivity contribution in [2.24, 2.45) is 0 Å². The molecule has 0 saturated carbocycles. The van der Waals surface area contributed by atoms with Crippen LogP contribution in [0.1, 0.15) is 0 Å². The van der Waals surface area contributed by atoms with Gasteiger partial charge in [0.1, 0.15) is 0 Å². The Morgan fingerprint density at radius 1 is 0.375 bits per heavy atom. The minimum atomic E-state index is 0. The first-order chi connectivity index (χ1) is 0. The molecule has 0 N–H and O–H groups in total. The summed E-state index contributed by atoms with van der Waals surface area (Å²) in [6, 6.07) is 0. The molecule has 0 amide bonds. The molecule has 0 fully saturated rings. The second-order valence-corrected chi connectivity index (χ2v) is 0. The van der Waals surface area contributed by atoms with Gasteiger partial charge < -0.3 is 24.6 Å². The maximum atomic E-state index is 0. The third kappa shape index (κ3) is 51.8. The molecule has 3 radical (unpaired) electrons. The fourth-order valence-electron chi connectivity index (χ4n) is 0. The first kappa shape index (κ1) is 93.4. The van der Waals surface area contributed by atoms with Crippen LogP contribution in [-0.4, -0.2) is 8.41 Å². The number of rotatable bonds is 0. The fourth-order valence-corrected chi connectivity index (χ4v) is 0. The zero-order valence-corrected chi connectivity index (χ0v) is 16.2. The van der Waals surface area contributed by atoms with Gasteiger partial charge in [-0.25, -0.2) is 0 Å². The first-order valence-corrected chi connectivity index (χ1v) is 0. The van der Waals surface area contributed by atoms with Crippen LogP contribution in [0.3, 0.4) is 0 Å². The molecule has 0 spiro atoms. The summed E-state index contributed by atoms with van der Waals surface area (Å²) in [6.07, 6.45) is 0. The molecule has 0 bridgehead atoms. The van der Waals surface area contributed by atoms with Crippen molar-refractivity contribution in [1.29, 1.82) is 0 Å². The molecule has 0 atom stereocenters. The number of nitrogens with zero attached hydrogens (tertiary/aromatic N) is 4. The summed E-state index contributed by atoms with van der Waals surface area (Å²) >= 11 is 0. The van der Waals surface area contributed by atoms with Gasteiger partial charge >= 0.3 is 120 Å². The summed E-state index contributed by atoms with van der Waals surface area (Å²) in [6.45, 7) is 0. The van der Waals surface area contributed by atoms with Crippen LogP contribution in [0.5, 0.6) is 0 Å². The zero-order chi connectivity index (χ0) is 0. The van der Waals surface area contributed by atoms with Crippen LogP contribution in [0.25, 0.3) is 24.6 Å². The largest absolute Gasteiger partial charge is 4.00 e. The van der Waals surface area contributed by atoms with Crippen molar-refractivity contribution in [1.82, 2.24) is 0 Å². The Bertz CT molecular complexity index is 11.2. The van der Waals surface area contributed by atoms with E-state index in [2.05, 4.69) is 0 Å². The average molecular weight is 763 g/mol. The van der Waals surface area contributed by atoms with E-state index in [9.17, 15) is 0 Å². The first-order valence-electron chi connectivity index (χ1n) is 0. The standard InChI is InChI=1S/B.4N.3Th/q;4*-3;3*+4. The van der Waals surface area contributed by atoms with E-state index in [1.54, 1.807) is 0 Å². The smallest absolute Gasteiger partial charge is 3.00 e. The van der Waals surface area contributed by atoms with Crippen molar-refractivity contribution in [3.63, 3.8) is 0 Å². The van der Waals surface area contributed by atoms with Crippen molar-refractivity contribution in [3.8, 4) is 0 Å². The summed E-state index contributed by atoms with van der Waals surface area (Å²) in [7, 11) is 0. The molecular weight excluding hydrogens is 763 g/mol. The van der Waals surface area contributed by atoms with Gasteiger partial charge in [-0.2, -0.15) is 0 Å². The van der Waals surface area contributed by atoms with Crippen LogP contribution in [-0.2, 0) is 0 Å². The molecule has 0 aromatic heterocycles. The molecule has 0 unspecified atom stereocenters. The molecule has 0 aliphatic carbocycles. The van der Waals surface area contributed by atoms with E-state index in [-0.39, 0.29) is 153 Å². The van der Waals surface area contributed by atoms with E-state index in [1.165, 1.54) is 0 Å². The summed E-state index contributed by atoms with van der Waals surface area (Å²) in [4.78, 5) is 0. The summed E-state index contributed by atoms with van der Waals surface area (Å²) in [5.41, 5.74) is 0. The van der Waals surface area contributed by atoms with E-state index in [0.29, 0.717) is 0 Å². The van der Waals surface area contributed by atoms with E-state index in [0.717, 1.165) is 0 Å². The van der Waals surface area contributed by atoms with E-state index < -0.39 is 0 Å². The topological polar surface area (TPSA) is 122 Å². The van der Waals surface area contributed by atoms with Crippen LogP contribution in [0.15, 0.2) is 0 Å². The van der Waals surface area contributed by atoms with Gasteiger partial charge in [-0.15, -0.1) is 0 Å². The predicted octanol–water partition coefficient (Wildman–Crippen LogP) is 0.774. The van der Waals surface area contributed by atoms with Gasteiger partial charge in [0.15, 0.2) is 0 Å². The van der Waals surface area contributed by atoms with Crippen molar-refractivity contribution < 1.29 is 120 Å². The maximum absolute atomic E-state index is 0. The van der Waals surface area contributed by atoms with Gasteiger partial charge in [0.2, 0.25) is 0 Å². The second kappa shape index (κ2) is 70.6. The molecule has 0 aliphatic heterocycles. The van der Waals surface area contributed by atoms with Gasteiger partial charge in [0, 0.05) is 8.41 Å². The molecule has 8 heteroatoms.